The second-order valence-corrected chi connectivity index (χ2v) is 13.6. The van der Waals surface area contributed by atoms with E-state index in [1.807, 2.05) is 48.5 Å². The van der Waals surface area contributed by atoms with Crippen molar-refractivity contribution in [3.8, 4) is 50.8 Å². The van der Waals surface area contributed by atoms with Crippen molar-refractivity contribution >= 4 is 49.3 Å². The molecule has 10 aromatic rings. The monoisotopic (exact) mass is 686 g/mol. The number of fused-ring (bicyclic) bond motifs is 6. The highest BCUT2D eigenvalue weighted by Gasteiger charge is 2.16. The predicted octanol–water partition coefficient (Wildman–Crippen LogP) is 13.3. The zero-order chi connectivity index (χ0) is 36.2. The molecule has 0 aliphatic carbocycles. The second-order valence-electron chi connectivity index (χ2n) is 13.6. The molecule has 250 valence electrons. The van der Waals surface area contributed by atoms with E-state index < -0.39 is 0 Å². The van der Waals surface area contributed by atoms with Crippen molar-refractivity contribution in [1.29, 1.82) is 5.26 Å². The largest absolute Gasteiger partial charge is 0.309 e. The SMILES string of the molecule is [C-]#[N+]c1ccc(-c2ccc(-n3c4ccccc4c4cc(-c5ccc6c(c5)c5ccccc5n6-c5ccc(-c6ccc(C#N)cc6)cc5)ccc43)cc2)cc1. The first-order valence-corrected chi connectivity index (χ1v) is 17.9. The molecule has 0 aliphatic rings. The van der Waals surface area contributed by atoms with Crippen LogP contribution in [0.3, 0.4) is 0 Å². The molecule has 2 heterocycles. The van der Waals surface area contributed by atoms with E-state index in [0.29, 0.717) is 11.3 Å². The molecule has 10 rings (SSSR count). The van der Waals surface area contributed by atoms with Crippen LogP contribution in [0.2, 0.25) is 0 Å². The third kappa shape index (κ3) is 5.06. The van der Waals surface area contributed by atoms with E-state index in [1.54, 1.807) is 0 Å². The molecule has 2 aromatic heterocycles. The van der Waals surface area contributed by atoms with Crippen molar-refractivity contribution < 1.29 is 0 Å². The number of para-hydroxylation sites is 2. The van der Waals surface area contributed by atoms with Crippen LogP contribution in [0.1, 0.15) is 5.56 Å². The van der Waals surface area contributed by atoms with Crippen molar-refractivity contribution in [1.82, 2.24) is 9.13 Å². The number of nitrogens with zero attached hydrogens (tertiary/aromatic N) is 4. The van der Waals surface area contributed by atoms with Gasteiger partial charge in [0.25, 0.3) is 0 Å². The Kier molecular flexibility index (Phi) is 7.22. The maximum atomic E-state index is 9.20. The summed E-state index contributed by atoms with van der Waals surface area (Å²) in [5.74, 6) is 0. The van der Waals surface area contributed by atoms with Gasteiger partial charge in [0.1, 0.15) is 0 Å². The molecular formula is C50H30N4. The van der Waals surface area contributed by atoms with Gasteiger partial charge in [-0.2, -0.15) is 5.26 Å². The summed E-state index contributed by atoms with van der Waals surface area (Å²) in [6.07, 6.45) is 0. The smallest absolute Gasteiger partial charge is 0.187 e. The average molecular weight is 687 g/mol. The van der Waals surface area contributed by atoms with Gasteiger partial charge < -0.3 is 9.13 Å². The fourth-order valence-corrected chi connectivity index (χ4v) is 7.93. The first-order valence-electron chi connectivity index (χ1n) is 17.9. The summed E-state index contributed by atoms with van der Waals surface area (Å²) in [6, 6.07) is 66.0. The summed E-state index contributed by atoms with van der Waals surface area (Å²) >= 11 is 0. The molecule has 0 atom stereocenters. The van der Waals surface area contributed by atoms with E-state index in [2.05, 4.69) is 154 Å². The third-order valence-electron chi connectivity index (χ3n) is 10.6. The number of benzene rings is 8. The summed E-state index contributed by atoms with van der Waals surface area (Å²) in [5, 5.41) is 14.1. The molecule has 0 aliphatic heterocycles. The Morgan fingerprint density at radius 3 is 1.19 bits per heavy atom. The molecule has 0 radical (unpaired) electrons. The summed E-state index contributed by atoms with van der Waals surface area (Å²) in [5.41, 5.74) is 15.0. The molecule has 0 saturated carbocycles. The molecule has 4 heteroatoms. The molecule has 0 amide bonds. The minimum atomic E-state index is 0.648. The van der Waals surface area contributed by atoms with Crippen LogP contribution < -0.4 is 0 Å². The molecule has 0 spiro atoms. The minimum absolute atomic E-state index is 0.648. The molecule has 0 bridgehead atoms. The maximum Gasteiger partial charge on any atom is 0.187 e. The third-order valence-corrected chi connectivity index (χ3v) is 10.6. The highest BCUT2D eigenvalue weighted by Crippen LogP contribution is 2.39. The molecule has 54 heavy (non-hydrogen) atoms. The minimum Gasteiger partial charge on any atom is -0.309 e. The standard InChI is InChI=1S/C50H30N4/c1-52-40-22-14-35(15-23-40)37-18-26-42(27-19-37)54-48-9-5-3-7-44(48)46-31-39(21-29-50(46)54)38-20-28-49-45(30-38)43-6-2-4-8-47(43)53(49)41-24-16-36(17-25-41)34-12-10-33(32-51)11-13-34/h2-31H. The van der Waals surface area contributed by atoms with Gasteiger partial charge in [-0.15, -0.1) is 0 Å². The van der Waals surface area contributed by atoms with Crippen molar-refractivity contribution in [3.05, 3.63) is 199 Å². The molecule has 0 fully saturated rings. The first-order chi connectivity index (χ1) is 26.7. The average Bonchev–Trinajstić information content (AvgIpc) is 3.76. The number of aromatic nitrogens is 2. The van der Waals surface area contributed by atoms with Gasteiger partial charge in [0.05, 0.1) is 40.3 Å². The molecular weight excluding hydrogens is 657 g/mol. The van der Waals surface area contributed by atoms with Crippen LogP contribution >= 0.6 is 0 Å². The summed E-state index contributed by atoms with van der Waals surface area (Å²) in [4.78, 5) is 3.53. The second kappa shape index (κ2) is 12.5. The van der Waals surface area contributed by atoms with Crippen LogP contribution in [0.15, 0.2) is 182 Å². The van der Waals surface area contributed by atoms with E-state index in [4.69, 9.17) is 6.57 Å². The zero-order valence-electron chi connectivity index (χ0n) is 29.1. The van der Waals surface area contributed by atoms with Gasteiger partial charge in [-0.05, 0) is 106 Å². The Bertz CT molecular complexity index is 2910. The van der Waals surface area contributed by atoms with Crippen molar-refractivity contribution in [2.45, 2.75) is 0 Å². The van der Waals surface area contributed by atoms with E-state index in [0.717, 1.165) is 44.7 Å². The lowest BCUT2D eigenvalue weighted by molar-refractivity contribution is 1.18. The van der Waals surface area contributed by atoms with Crippen LogP contribution in [-0.2, 0) is 0 Å². The Balaban J connectivity index is 1.05. The lowest BCUT2D eigenvalue weighted by Gasteiger charge is -2.11. The maximum absolute atomic E-state index is 9.20. The fourth-order valence-electron chi connectivity index (χ4n) is 7.93. The van der Waals surface area contributed by atoms with E-state index in [1.165, 1.54) is 43.7 Å². The topological polar surface area (TPSA) is 38.0 Å². The lowest BCUT2D eigenvalue weighted by atomic mass is 10.0. The number of hydrogen-bond donors (Lipinski definition) is 0. The van der Waals surface area contributed by atoms with Crippen molar-refractivity contribution in [3.63, 3.8) is 0 Å². The van der Waals surface area contributed by atoms with Crippen molar-refractivity contribution in [2.75, 3.05) is 0 Å². The summed E-state index contributed by atoms with van der Waals surface area (Å²) in [6.45, 7) is 7.26. The lowest BCUT2D eigenvalue weighted by Crippen LogP contribution is -1.94. The molecule has 0 saturated heterocycles. The van der Waals surface area contributed by atoms with E-state index in [-0.39, 0.29) is 0 Å². The van der Waals surface area contributed by atoms with Gasteiger partial charge in [-0.1, -0.05) is 109 Å². The van der Waals surface area contributed by atoms with Gasteiger partial charge in [-0.25, -0.2) is 4.85 Å². The molecule has 8 aromatic carbocycles. The van der Waals surface area contributed by atoms with E-state index >= 15 is 0 Å². The van der Waals surface area contributed by atoms with Crippen molar-refractivity contribution in [2.24, 2.45) is 0 Å². The quantitative estimate of drug-likeness (QED) is 0.166. The normalized spacial score (nSPS) is 11.3. The van der Waals surface area contributed by atoms with Gasteiger partial charge in [0.2, 0.25) is 0 Å². The summed E-state index contributed by atoms with van der Waals surface area (Å²) < 4.78 is 4.70. The Morgan fingerprint density at radius 2 is 0.759 bits per heavy atom. The molecule has 0 unspecified atom stereocenters. The number of hydrogen-bond acceptors (Lipinski definition) is 1. The number of nitriles is 1. The van der Waals surface area contributed by atoms with Crippen LogP contribution in [0.5, 0.6) is 0 Å². The van der Waals surface area contributed by atoms with Crippen LogP contribution in [-0.4, -0.2) is 9.13 Å². The highest BCUT2D eigenvalue weighted by atomic mass is 15.0. The highest BCUT2D eigenvalue weighted by molar-refractivity contribution is 6.12. The fraction of sp³-hybridized carbons (Fsp3) is 0. The predicted molar refractivity (Wildman–Crippen MR) is 222 cm³/mol. The first kappa shape index (κ1) is 31.1. The van der Waals surface area contributed by atoms with Gasteiger partial charge in [0, 0.05) is 32.9 Å². The van der Waals surface area contributed by atoms with Gasteiger partial charge in [-0.3, -0.25) is 0 Å². The Morgan fingerprint density at radius 1 is 0.389 bits per heavy atom. The number of rotatable bonds is 5. The van der Waals surface area contributed by atoms with Crippen LogP contribution in [0, 0.1) is 17.9 Å². The summed E-state index contributed by atoms with van der Waals surface area (Å²) in [7, 11) is 0. The zero-order valence-corrected chi connectivity index (χ0v) is 29.1. The van der Waals surface area contributed by atoms with Gasteiger partial charge in [0.15, 0.2) is 5.69 Å². The molecule has 4 nitrogen and oxygen atoms in total. The Labute approximate surface area is 312 Å². The van der Waals surface area contributed by atoms with E-state index in [9.17, 15) is 5.26 Å². The van der Waals surface area contributed by atoms with Gasteiger partial charge >= 0.3 is 0 Å². The van der Waals surface area contributed by atoms with Crippen LogP contribution in [0.25, 0.3) is 93.2 Å². The Hall–Kier alpha value is -7.66. The van der Waals surface area contributed by atoms with Crippen LogP contribution in [0.4, 0.5) is 5.69 Å². The molecule has 0 N–H and O–H groups in total.